The fourth-order valence-electron chi connectivity index (χ4n) is 2.47. The Hall–Kier alpha value is -1.39. The van der Waals surface area contributed by atoms with Crippen molar-refractivity contribution in [2.24, 2.45) is 17.4 Å². The summed E-state index contributed by atoms with van der Waals surface area (Å²) in [6, 6.07) is 7.86. The van der Waals surface area contributed by atoms with Crippen LogP contribution >= 0.6 is 0 Å². The molecule has 2 unspecified atom stereocenters. The van der Waals surface area contributed by atoms with Crippen molar-refractivity contribution in [2.75, 3.05) is 13.1 Å². The number of nitrogens with zero attached hydrogens (tertiary/aromatic N) is 1. The standard InChI is InChI=1S/C14H21N3O/c1-10-8-17(6-5-13(10)15)9-11-3-2-4-12(7-11)14(16)18/h2-4,7,10,13H,5-6,8-9,15H2,1H3,(H2,16,18). The molecule has 1 fully saturated rings. The highest BCUT2D eigenvalue weighted by Crippen LogP contribution is 2.17. The van der Waals surface area contributed by atoms with Crippen LogP contribution in [0.5, 0.6) is 0 Å². The summed E-state index contributed by atoms with van der Waals surface area (Å²) in [5, 5.41) is 0. The van der Waals surface area contributed by atoms with Gasteiger partial charge in [0.15, 0.2) is 0 Å². The van der Waals surface area contributed by atoms with Gasteiger partial charge in [0.1, 0.15) is 0 Å². The molecule has 1 amide bonds. The molecule has 0 aliphatic carbocycles. The van der Waals surface area contributed by atoms with E-state index in [4.69, 9.17) is 11.5 Å². The lowest BCUT2D eigenvalue weighted by atomic mass is 9.94. The summed E-state index contributed by atoms with van der Waals surface area (Å²) in [5.41, 5.74) is 13.0. The maximum absolute atomic E-state index is 11.1. The van der Waals surface area contributed by atoms with Crippen molar-refractivity contribution in [3.8, 4) is 0 Å². The van der Waals surface area contributed by atoms with Crippen LogP contribution in [0.15, 0.2) is 24.3 Å². The molecule has 2 atom stereocenters. The molecular weight excluding hydrogens is 226 g/mol. The number of hydrogen-bond acceptors (Lipinski definition) is 3. The van der Waals surface area contributed by atoms with Crippen LogP contribution in [0.2, 0.25) is 0 Å². The zero-order valence-corrected chi connectivity index (χ0v) is 10.8. The Morgan fingerprint density at radius 3 is 2.94 bits per heavy atom. The molecule has 4 nitrogen and oxygen atoms in total. The second-order valence-corrected chi connectivity index (χ2v) is 5.23. The lowest BCUT2D eigenvalue weighted by Gasteiger charge is -2.35. The third-order valence-electron chi connectivity index (χ3n) is 3.67. The van der Waals surface area contributed by atoms with Crippen molar-refractivity contribution in [3.05, 3.63) is 35.4 Å². The molecule has 1 aliphatic rings. The molecule has 98 valence electrons. The van der Waals surface area contributed by atoms with E-state index in [1.165, 1.54) is 0 Å². The Balaban J connectivity index is 2.01. The van der Waals surface area contributed by atoms with Crippen molar-refractivity contribution < 1.29 is 4.79 Å². The zero-order valence-electron chi connectivity index (χ0n) is 10.8. The van der Waals surface area contributed by atoms with Gasteiger partial charge in [-0.15, -0.1) is 0 Å². The van der Waals surface area contributed by atoms with Crippen LogP contribution < -0.4 is 11.5 Å². The average Bonchev–Trinajstić information content (AvgIpc) is 2.34. The van der Waals surface area contributed by atoms with Gasteiger partial charge in [0.05, 0.1) is 0 Å². The number of benzene rings is 1. The molecule has 0 bridgehead atoms. The average molecular weight is 247 g/mol. The van der Waals surface area contributed by atoms with E-state index in [1.54, 1.807) is 6.07 Å². The number of rotatable bonds is 3. The van der Waals surface area contributed by atoms with Gasteiger partial charge in [-0.3, -0.25) is 9.69 Å². The van der Waals surface area contributed by atoms with Crippen LogP contribution in [-0.2, 0) is 6.54 Å². The molecular formula is C14H21N3O. The largest absolute Gasteiger partial charge is 0.366 e. The Morgan fingerprint density at radius 1 is 1.50 bits per heavy atom. The lowest BCUT2D eigenvalue weighted by molar-refractivity contribution is 0.1000. The number of nitrogens with two attached hydrogens (primary N) is 2. The molecule has 1 saturated heterocycles. The summed E-state index contributed by atoms with van der Waals surface area (Å²) >= 11 is 0. The van der Waals surface area contributed by atoms with Crippen LogP contribution in [-0.4, -0.2) is 29.9 Å². The van der Waals surface area contributed by atoms with E-state index in [9.17, 15) is 4.79 Å². The second-order valence-electron chi connectivity index (χ2n) is 5.23. The number of carbonyl (C=O) groups is 1. The molecule has 1 aromatic carbocycles. The summed E-state index contributed by atoms with van der Waals surface area (Å²) in [7, 11) is 0. The number of carbonyl (C=O) groups excluding carboxylic acids is 1. The fraction of sp³-hybridized carbons (Fsp3) is 0.500. The van der Waals surface area contributed by atoms with E-state index in [1.807, 2.05) is 18.2 Å². The van der Waals surface area contributed by atoms with Crippen LogP contribution in [0.25, 0.3) is 0 Å². The van der Waals surface area contributed by atoms with Gasteiger partial charge < -0.3 is 11.5 Å². The molecule has 0 spiro atoms. The van der Waals surface area contributed by atoms with Gasteiger partial charge in [0, 0.05) is 24.7 Å². The van der Waals surface area contributed by atoms with Crippen LogP contribution in [0.3, 0.4) is 0 Å². The van der Waals surface area contributed by atoms with Crippen molar-refractivity contribution in [1.82, 2.24) is 4.90 Å². The number of amides is 1. The van der Waals surface area contributed by atoms with Gasteiger partial charge in [-0.1, -0.05) is 19.1 Å². The van der Waals surface area contributed by atoms with E-state index in [-0.39, 0.29) is 5.91 Å². The summed E-state index contributed by atoms with van der Waals surface area (Å²) in [4.78, 5) is 13.5. The first-order valence-corrected chi connectivity index (χ1v) is 6.43. The molecule has 4 heteroatoms. The monoisotopic (exact) mass is 247 g/mol. The van der Waals surface area contributed by atoms with Crippen LogP contribution in [0.1, 0.15) is 29.3 Å². The Bertz CT molecular complexity index is 433. The molecule has 1 aliphatic heterocycles. The first-order chi connectivity index (χ1) is 8.56. The highest BCUT2D eigenvalue weighted by atomic mass is 16.1. The number of hydrogen-bond donors (Lipinski definition) is 2. The van der Waals surface area contributed by atoms with Gasteiger partial charge in [-0.05, 0) is 36.6 Å². The molecule has 1 heterocycles. The second kappa shape index (κ2) is 5.50. The lowest BCUT2D eigenvalue weighted by Crippen LogP contribution is -2.45. The number of likely N-dealkylation sites (tertiary alicyclic amines) is 1. The first-order valence-electron chi connectivity index (χ1n) is 6.43. The van der Waals surface area contributed by atoms with E-state index in [2.05, 4.69) is 11.8 Å². The van der Waals surface area contributed by atoms with Gasteiger partial charge in [0.2, 0.25) is 5.91 Å². The van der Waals surface area contributed by atoms with Crippen molar-refractivity contribution in [3.63, 3.8) is 0 Å². The minimum absolute atomic E-state index is 0.318. The van der Waals surface area contributed by atoms with E-state index in [0.717, 1.165) is 31.6 Å². The minimum Gasteiger partial charge on any atom is -0.366 e. The predicted molar refractivity (Wildman–Crippen MR) is 72.0 cm³/mol. The zero-order chi connectivity index (χ0) is 13.1. The smallest absolute Gasteiger partial charge is 0.248 e. The van der Waals surface area contributed by atoms with Crippen molar-refractivity contribution in [2.45, 2.75) is 25.9 Å². The third-order valence-corrected chi connectivity index (χ3v) is 3.67. The number of piperidine rings is 1. The predicted octanol–water partition coefficient (Wildman–Crippen LogP) is 0.955. The molecule has 4 N–H and O–H groups in total. The highest BCUT2D eigenvalue weighted by molar-refractivity contribution is 5.92. The van der Waals surface area contributed by atoms with Gasteiger partial charge >= 0.3 is 0 Å². The Kier molecular flexibility index (Phi) is 3.99. The Labute approximate surface area is 108 Å². The maximum Gasteiger partial charge on any atom is 0.248 e. The molecule has 0 radical (unpaired) electrons. The number of primary amides is 1. The van der Waals surface area contributed by atoms with E-state index < -0.39 is 0 Å². The summed E-state index contributed by atoms with van der Waals surface area (Å²) < 4.78 is 0. The van der Waals surface area contributed by atoms with Crippen LogP contribution in [0, 0.1) is 5.92 Å². The Morgan fingerprint density at radius 2 is 2.28 bits per heavy atom. The topological polar surface area (TPSA) is 72.3 Å². The molecule has 0 aromatic heterocycles. The quantitative estimate of drug-likeness (QED) is 0.835. The molecule has 1 aromatic rings. The SMILES string of the molecule is CC1CN(Cc2cccc(C(N)=O)c2)CCC1N. The first kappa shape index (κ1) is 13.1. The molecule has 0 saturated carbocycles. The van der Waals surface area contributed by atoms with E-state index in [0.29, 0.717) is 17.5 Å². The summed E-state index contributed by atoms with van der Waals surface area (Å²) in [6.07, 6.45) is 1.04. The normalized spacial score (nSPS) is 25.0. The minimum atomic E-state index is -0.370. The highest BCUT2D eigenvalue weighted by Gasteiger charge is 2.22. The maximum atomic E-state index is 11.1. The van der Waals surface area contributed by atoms with Crippen LogP contribution in [0.4, 0.5) is 0 Å². The van der Waals surface area contributed by atoms with Gasteiger partial charge in [-0.2, -0.15) is 0 Å². The van der Waals surface area contributed by atoms with Gasteiger partial charge in [0.25, 0.3) is 0 Å². The van der Waals surface area contributed by atoms with Crippen molar-refractivity contribution in [1.29, 1.82) is 0 Å². The van der Waals surface area contributed by atoms with Crippen molar-refractivity contribution >= 4 is 5.91 Å². The summed E-state index contributed by atoms with van der Waals surface area (Å²) in [6.45, 7) is 5.09. The third kappa shape index (κ3) is 3.09. The molecule has 2 rings (SSSR count). The molecule has 18 heavy (non-hydrogen) atoms. The summed E-state index contributed by atoms with van der Waals surface area (Å²) in [5.74, 6) is 0.156. The fourth-order valence-corrected chi connectivity index (χ4v) is 2.47. The van der Waals surface area contributed by atoms with Gasteiger partial charge in [-0.25, -0.2) is 0 Å². The van der Waals surface area contributed by atoms with E-state index >= 15 is 0 Å².